The summed E-state index contributed by atoms with van der Waals surface area (Å²) in [6, 6.07) is 6.45. The van der Waals surface area contributed by atoms with Crippen molar-refractivity contribution in [2.45, 2.75) is 32.8 Å². The number of esters is 2. The summed E-state index contributed by atoms with van der Waals surface area (Å²) in [5, 5.41) is 0.510. The molecule has 128 valence electrons. The van der Waals surface area contributed by atoms with Gasteiger partial charge in [-0.25, -0.2) is 0 Å². The number of ketones is 1. The Labute approximate surface area is 145 Å². The maximum atomic E-state index is 13.3. The van der Waals surface area contributed by atoms with Crippen LogP contribution in [0.1, 0.15) is 37.6 Å². The van der Waals surface area contributed by atoms with Crippen LogP contribution in [0.2, 0.25) is 5.02 Å². The van der Waals surface area contributed by atoms with Crippen LogP contribution in [0.4, 0.5) is 0 Å². The molecule has 1 heterocycles. The molecule has 3 atom stereocenters. The second-order valence-corrected chi connectivity index (χ2v) is 7.32. The molecule has 1 aliphatic heterocycles. The van der Waals surface area contributed by atoms with E-state index >= 15 is 0 Å². The maximum absolute atomic E-state index is 13.3. The molecular weight excluding hydrogens is 332 g/mol. The number of hydrogen-bond donors (Lipinski definition) is 0. The Morgan fingerprint density at radius 3 is 2.33 bits per heavy atom. The summed E-state index contributed by atoms with van der Waals surface area (Å²) in [5.41, 5.74) is -3.20. The molecule has 0 N–H and O–H groups in total. The first-order valence-electron chi connectivity index (χ1n) is 7.82. The van der Waals surface area contributed by atoms with Crippen molar-refractivity contribution >= 4 is 29.3 Å². The maximum Gasteiger partial charge on any atom is 0.325 e. The summed E-state index contributed by atoms with van der Waals surface area (Å²) in [5.74, 6) is -2.17. The zero-order valence-corrected chi connectivity index (χ0v) is 14.8. The number of carbonyl (C=O) groups is 3. The van der Waals surface area contributed by atoms with Gasteiger partial charge in [0.05, 0.1) is 12.5 Å². The van der Waals surface area contributed by atoms with Crippen molar-refractivity contribution in [1.29, 1.82) is 0 Å². The number of rotatable bonds is 4. The number of cyclic esters (lactones) is 1. The average Bonchev–Trinajstić information content (AvgIpc) is 3.14. The van der Waals surface area contributed by atoms with Gasteiger partial charge >= 0.3 is 11.9 Å². The number of methoxy groups -OCH3 is 1. The molecule has 0 spiro atoms. The molecule has 0 amide bonds. The van der Waals surface area contributed by atoms with E-state index in [1.807, 2.05) is 0 Å². The molecule has 1 aromatic rings. The number of halogens is 1. The zero-order chi connectivity index (χ0) is 17.9. The highest BCUT2D eigenvalue weighted by Gasteiger charge is 2.95. The first kappa shape index (κ1) is 17.0. The number of hydrogen-bond acceptors (Lipinski definition) is 5. The first-order chi connectivity index (χ1) is 11.2. The van der Waals surface area contributed by atoms with E-state index < -0.39 is 34.3 Å². The average molecular weight is 351 g/mol. The number of ether oxygens (including phenoxy) is 2. The summed E-state index contributed by atoms with van der Waals surface area (Å²) in [6.45, 7) is 5.26. The molecule has 0 bridgehead atoms. The van der Waals surface area contributed by atoms with Gasteiger partial charge in [0.15, 0.2) is 11.2 Å². The van der Waals surface area contributed by atoms with E-state index in [1.165, 1.54) is 7.11 Å². The van der Waals surface area contributed by atoms with Gasteiger partial charge in [0.25, 0.3) is 0 Å². The highest BCUT2D eigenvalue weighted by molar-refractivity contribution is 6.30. The third-order valence-corrected chi connectivity index (χ3v) is 5.75. The van der Waals surface area contributed by atoms with Gasteiger partial charge < -0.3 is 9.47 Å². The lowest BCUT2D eigenvalue weighted by Crippen LogP contribution is -2.40. The van der Waals surface area contributed by atoms with Crippen molar-refractivity contribution in [3.8, 4) is 0 Å². The Morgan fingerprint density at radius 1 is 1.25 bits per heavy atom. The molecule has 0 unspecified atom stereocenters. The van der Waals surface area contributed by atoms with Gasteiger partial charge in [-0.3, -0.25) is 14.4 Å². The van der Waals surface area contributed by atoms with Gasteiger partial charge in [-0.1, -0.05) is 18.5 Å². The predicted octanol–water partition coefficient (Wildman–Crippen LogP) is 3.04. The molecule has 5 nitrogen and oxygen atoms in total. The third-order valence-electron chi connectivity index (χ3n) is 5.50. The lowest BCUT2D eigenvalue weighted by atomic mass is 9.81. The van der Waals surface area contributed by atoms with Crippen LogP contribution >= 0.6 is 11.6 Å². The van der Waals surface area contributed by atoms with Crippen molar-refractivity contribution in [2.75, 3.05) is 7.11 Å². The monoisotopic (exact) mass is 350 g/mol. The minimum Gasteiger partial charge on any atom is -0.468 e. The van der Waals surface area contributed by atoms with Gasteiger partial charge in [-0.2, -0.15) is 0 Å². The van der Waals surface area contributed by atoms with Crippen molar-refractivity contribution in [3.05, 3.63) is 34.9 Å². The molecule has 1 saturated heterocycles. The molecular formula is C18H19ClO5. The Hall–Kier alpha value is -1.88. The molecule has 1 aliphatic carbocycles. The van der Waals surface area contributed by atoms with Crippen LogP contribution in [0, 0.1) is 16.7 Å². The molecule has 3 rings (SSSR count). The number of fused-ring (bicyclic) bond motifs is 1. The van der Waals surface area contributed by atoms with E-state index in [-0.39, 0.29) is 5.78 Å². The lowest BCUT2D eigenvalue weighted by molar-refractivity contribution is -0.165. The molecule has 0 radical (unpaired) electrons. The predicted molar refractivity (Wildman–Crippen MR) is 86.6 cm³/mol. The van der Waals surface area contributed by atoms with Crippen LogP contribution in [-0.4, -0.2) is 30.4 Å². The Kier molecular flexibility index (Phi) is 3.57. The molecule has 24 heavy (non-hydrogen) atoms. The Morgan fingerprint density at radius 2 is 1.83 bits per heavy atom. The van der Waals surface area contributed by atoms with Crippen LogP contribution in [0.15, 0.2) is 24.3 Å². The van der Waals surface area contributed by atoms with Gasteiger partial charge in [0.2, 0.25) is 0 Å². The standard InChI is InChI=1S/C18H19ClO5/c1-5-17(12(20)10-6-8-11(19)9-7-10)13-16(2,3)24-15(22)18(13,17)14(21)23-4/h6-9,13H,5H2,1-4H3/t13-,17-,18-/m1/s1. The normalized spacial score (nSPS) is 32.7. The topological polar surface area (TPSA) is 69.7 Å². The molecule has 0 aromatic heterocycles. The summed E-state index contributed by atoms with van der Waals surface area (Å²) < 4.78 is 10.3. The fourth-order valence-electron chi connectivity index (χ4n) is 4.68. The molecule has 2 aliphatic rings. The molecule has 6 heteroatoms. The van der Waals surface area contributed by atoms with Crippen LogP contribution in [-0.2, 0) is 19.1 Å². The van der Waals surface area contributed by atoms with Gasteiger partial charge in [-0.15, -0.1) is 0 Å². The largest absolute Gasteiger partial charge is 0.468 e. The van der Waals surface area contributed by atoms with E-state index in [1.54, 1.807) is 45.0 Å². The minimum absolute atomic E-state index is 0.248. The number of carbonyl (C=O) groups excluding carboxylic acids is 3. The zero-order valence-electron chi connectivity index (χ0n) is 14.0. The fourth-order valence-corrected chi connectivity index (χ4v) is 4.81. The number of benzene rings is 1. The first-order valence-corrected chi connectivity index (χ1v) is 8.20. The van der Waals surface area contributed by atoms with E-state index in [0.29, 0.717) is 17.0 Å². The number of Topliss-reactive ketones (excluding diaryl/α,β-unsaturated/α-hetero) is 1. The van der Waals surface area contributed by atoms with E-state index in [4.69, 9.17) is 21.1 Å². The SMILES string of the molecule is CC[C@@]1(C(=O)c2ccc(Cl)cc2)[C@H]2C(C)(C)OC(=O)[C@]21C(=O)OC. The Bertz CT molecular complexity index is 738. The van der Waals surface area contributed by atoms with Crippen molar-refractivity contribution in [3.63, 3.8) is 0 Å². The summed E-state index contributed by atoms with van der Waals surface area (Å²) in [4.78, 5) is 38.5. The Balaban J connectivity index is 2.16. The highest BCUT2D eigenvalue weighted by atomic mass is 35.5. The fraction of sp³-hybridized carbons (Fsp3) is 0.500. The van der Waals surface area contributed by atoms with Crippen LogP contribution in [0.3, 0.4) is 0 Å². The second-order valence-electron chi connectivity index (χ2n) is 6.89. The smallest absolute Gasteiger partial charge is 0.325 e. The summed E-state index contributed by atoms with van der Waals surface area (Å²) >= 11 is 5.89. The second kappa shape index (κ2) is 5.06. The van der Waals surface area contributed by atoms with Crippen molar-refractivity contribution < 1.29 is 23.9 Å². The summed E-state index contributed by atoms with van der Waals surface area (Å²) in [7, 11) is 1.22. The van der Waals surface area contributed by atoms with Crippen LogP contribution < -0.4 is 0 Å². The van der Waals surface area contributed by atoms with Gasteiger partial charge in [0, 0.05) is 16.5 Å². The minimum atomic E-state index is -1.56. The van der Waals surface area contributed by atoms with Crippen LogP contribution in [0.25, 0.3) is 0 Å². The van der Waals surface area contributed by atoms with Gasteiger partial charge in [0.1, 0.15) is 5.60 Å². The van der Waals surface area contributed by atoms with E-state index in [9.17, 15) is 14.4 Å². The van der Waals surface area contributed by atoms with Gasteiger partial charge in [-0.05, 0) is 44.5 Å². The quantitative estimate of drug-likeness (QED) is 0.474. The summed E-state index contributed by atoms with van der Waals surface area (Å²) in [6.07, 6.45) is 0.340. The van der Waals surface area contributed by atoms with Crippen LogP contribution in [0.5, 0.6) is 0 Å². The highest BCUT2D eigenvalue weighted by Crippen LogP contribution is 2.80. The van der Waals surface area contributed by atoms with E-state index in [2.05, 4.69) is 0 Å². The third kappa shape index (κ3) is 1.73. The molecule has 1 aromatic carbocycles. The van der Waals surface area contributed by atoms with Crippen molar-refractivity contribution in [1.82, 2.24) is 0 Å². The van der Waals surface area contributed by atoms with Crippen molar-refractivity contribution in [2.24, 2.45) is 16.7 Å². The van der Waals surface area contributed by atoms with E-state index in [0.717, 1.165) is 0 Å². The lowest BCUT2D eigenvalue weighted by Gasteiger charge is -2.28. The molecule has 2 fully saturated rings. The molecule has 1 saturated carbocycles.